The lowest BCUT2D eigenvalue weighted by molar-refractivity contribution is -0.120. The first-order chi connectivity index (χ1) is 7.69. The largest absolute Gasteiger partial charge is 0.497 e. The van der Waals surface area contributed by atoms with Gasteiger partial charge in [-0.15, -0.1) is 18.2 Å². The van der Waals surface area contributed by atoms with E-state index in [0.29, 0.717) is 6.54 Å². The van der Waals surface area contributed by atoms with Gasteiger partial charge in [0.1, 0.15) is 11.1 Å². The SMILES string of the molecule is C=CCNC(=O)C(Cl)c1ccc(OC)cc1. The third-order valence-electron chi connectivity index (χ3n) is 2.06. The van der Waals surface area contributed by atoms with Crippen molar-refractivity contribution in [2.24, 2.45) is 0 Å². The van der Waals surface area contributed by atoms with Crippen molar-refractivity contribution in [3.8, 4) is 5.75 Å². The third-order valence-corrected chi connectivity index (χ3v) is 2.51. The number of ether oxygens (including phenoxy) is 1. The predicted octanol–water partition coefficient (Wildman–Crippen LogP) is 2.28. The molecule has 0 spiro atoms. The molecule has 0 radical (unpaired) electrons. The molecule has 0 bridgehead atoms. The van der Waals surface area contributed by atoms with Crippen LogP contribution in [0.4, 0.5) is 0 Å². The zero-order valence-electron chi connectivity index (χ0n) is 9.07. The third kappa shape index (κ3) is 3.28. The normalized spacial score (nSPS) is 11.6. The van der Waals surface area contributed by atoms with Crippen LogP contribution in [-0.4, -0.2) is 19.6 Å². The van der Waals surface area contributed by atoms with E-state index in [9.17, 15) is 4.79 Å². The quantitative estimate of drug-likeness (QED) is 0.632. The highest BCUT2D eigenvalue weighted by Crippen LogP contribution is 2.22. The van der Waals surface area contributed by atoms with E-state index in [1.54, 1.807) is 37.5 Å². The van der Waals surface area contributed by atoms with E-state index >= 15 is 0 Å². The average Bonchev–Trinajstić information content (AvgIpc) is 2.35. The van der Waals surface area contributed by atoms with Gasteiger partial charge >= 0.3 is 0 Å². The fourth-order valence-electron chi connectivity index (χ4n) is 1.19. The Morgan fingerprint density at radius 3 is 2.69 bits per heavy atom. The first-order valence-corrected chi connectivity index (χ1v) is 5.29. The minimum absolute atomic E-state index is 0.230. The van der Waals surface area contributed by atoms with Crippen LogP contribution in [0.25, 0.3) is 0 Å². The number of carbonyl (C=O) groups excluding carboxylic acids is 1. The van der Waals surface area contributed by atoms with E-state index in [-0.39, 0.29) is 5.91 Å². The van der Waals surface area contributed by atoms with Gasteiger partial charge in [0.25, 0.3) is 0 Å². The smallest absolute Gasteiger partial charge is 0.242 e. The van der Waals surface area contributed by atoms with Crippen molar-refractivity contribution in [1.29, 1.82) is 0 Å². The van der Waals surface area contributed by atoms with Crippen LogP contribution in [0.15, 0.2) is 36.9 Å². The average molecular weight is 240 g/mol. The molecule has 0 aliphatic heterocycles. The molecule has 0 saturated heterocycles. The van der Waals surface area contributed by atoms with Crippen molar-refractivity contribution in [1.82, 2.24) is 5.32 Å². The van der Waals surface area contributed by atoms with E-state index in [2.05, 4.69) is 11.9 Å². The Hall–Kier alpha value is -1.48. The molecule has 1 unspecified atom stereocenters. The van der Waals surface area contributed by atoms with Gasteiger partial charge in [-0.1, -0.05) is 18.2 Å². The summed E-state index contributed by atoms with van der Waals surface area (Å²) in [5, 5.41) is 1.95. The molecule has 0 saturated carbocycles. The Morgan fingerprint density at radius 2 is 2.19 bits per heavy atom. The maximum atomic E-state index is 11.5. The molecule has 1 aromatic carbocycles. The van der Waals surface area contributed by atoms with Crippen molar-refractivity contribution in [3.05, 3.63) is 42.5 Å². The van der Waals surface area contributed by atoms with E-state index in [1.807, 2.05) is 0 Å². The van der Waals surface area contributed by atoms with Gasteiger partial charge in [0.2, 0.25) is 5.91 Å². The minimum Gasteiger partial charge on any atom is -0.497 e. The van der Waals surface area contributed by atoms with Crippen LogP contribution in [0.2, 0.25) is 0 Å². The van der Waals surface area contributed by atoms with Crippen molar-refractivity contribution in [2.75, 3.05) is 13.7 Å². The maximum absolute atomic E-state index is 11.5. The number of halogens is 1. The Bertz CT molecular complexity index is 362. The van der Waals surface area contributed by atoms with Crippen molar-refractivity contribution in [2.45, 2.75) is 5.38 Å². The molecule has 0 aliphatic carbocycles. The first-order valence-electron chi connectivity index (χ1n) is 4.85. The Kier molecular flexibility index (Phi) is 4.86. The van der Waals surface area contributed by atoms with Crippen LogP contribution >= 0.6 is 11.6 Å². The molecule has 1 N–H and O–H groups in total. The summed E-state index contributed by atoms with van der Waals surface area (Å²) in [7, 11) is 1.59. The molecule has 16 heavy (non-hydrogen) atoms. The molecule has 3 nitrogen and oxygen atoms in total. The molecular formula is C12H14ClNO2. The molecule has 0 heterocycles. The highest BCUT2D eigenvalue weighted by molar-refractivity contribution is 6.30. The second-order valence-corrected chi connectivity index (χ2v) is 3.61. The minimum atomic E-state index is -0.689. The molecule has 1 rings (SSSR count). The summed E-state index contributed by atoms with van der Waals surface area (Å²) in [6, 6.07) is 7.07. The number of carbonyl (C=O) groups is 1. The van der Waals surface area contributed by atoms with Crippen LogP contribution in [0.5, 0.6) is 5.75 Å². The summed E-state index contributed by atoms with van der Waals surface area (Å²) in [5.74, 6) is 0.505. The number of nitrogens with one attached hydrogen (secondary N) is 1. The molecule has 0 aliphatic rings. The molecule has 1 amide bonds. The number of hydrogen-bond acceptors (Lipinski definition) is 2. The second-order valence-electron chi connectivity index (χ2n) is 3.17. The van der Waals surface area contributed by atoms with Crippen LogP contribution in [0, 0.1) is 0 Å². The van der Waals surface area contributed by atoms with E-state index in [0.717, 1.165) is 11.3 Å². The number of methoxy groups -OCH3 is 1. The van der Waals surface area contributed by atoms with Gasteiger partial charge in [0.05, 0.1) is 7.11 Å². The van der Waals surface area contributed by atoms with Gasteiger partial charge in [0, 0.05) is 6.54 Å². The summed E-state index contributed by atoms with van der Waals surface area (Å²) in [5.41, 5.74) is 0.740. The van der Waals surface area contributed by atoms with Gasteiger partial charge in [-0.25, -0.2) is 0 Å². The summed E-state index contributed by atoms with van der Waals surface area (Å²) in [6.45, 7) is 3.93. The molecule has 4 heteroatoms. The predicted molar refractivity (Wildman–Crippen MR) is 64.8 cm³/mol. The van der Waals surface area contributed by atoms with E-state index < -0.39 is 5.38 Å². The van der Waals surface area contributed by atoms with Crippen LogP contribution in [0.3, 0.4) is 0 Å². The summed E-state index contributed by atoms with van der Waals surface area (Å²) in [6.07, 6.45) is 1.61. The summed E-state index contributed by atoms with van der Waals surface area (Å²) < 4.78 is 5.02. The molecule has 0 fully saturated rings. The van der Waals surface area contributed by atoms with Gasteiger partial charge < -0.3 is 10.1 Å². The highest BCUT2D eigenvalue weighted by atomic mass is 35.5. The van der Waals surface area contributed by atoms with Crippen LogP contribution < -0.4 is 10.1 Å². The Morgan fingerprint density at radius 1 is 1.56 bits per heavy atom. The van der Waals surface area contributed by atoms with Gasteiger partial charge in [-0.05, 0) is 17.7 Å². The van der Waals surface area contributed by atoms with Crippen molar-refractivity contribution >= 4 is 17.5 Å². The second kappa shape index (κ2) is 6.18. The lowest BCUT2D eigenvalue weighted by atomic mass is 10.1. The topological polar surface area (TPSA) is 38.3 Å². The fourth-order valence-corrected chi connectivity index (χ4v) is 1.41. The fraction of sp³-hybridized carbons (Fsp3) is 0.250. The number of rotatable bonds is 5. The van der Waals surface area contributed by atoms with Gasteiger partial charge in [-0.2, -0.15) is 0 Å². The Labute approximate surface area is 100 Å². The van der Waals surface area contributed by atoms with Crippen molar-refractivity contribution in [3.63, 3.8) is 0 Å². The highest BCUT2D eigenvalue weighted by Gasteiger charge is 2.16. The van der Waals surface area contributed by atoms with Crippen molar-refractivity contribution < 1.29 is 9.53 Å². The monoisotopic (exact) mass is 239 g/mol. The molecular weight excluding hydrogens is 226 g/mol. The lowest BCUT2D eigenvalue weighted by Crippen LogP contribution is -2.26. The van der Waals surface area contributed by atoms with E-state index in [4.69, 9.17) is 16.3 Å². The van der Waals surface area contributed by atoms with Crippen LogP contribution in [-0.2, 0) is 4.79 Å². The summed E-state index contributed by atoms with van der Waals surface area (Å²) in [4.78, 5) is 11.5. The maximum Gasteiger partial charge on any atom is 0.242 e. The molecule has 1 atom stereocenters. The summed E-state index contributed by atoms with van der Waals surface area (Å²) >= 11 is 6.00. The Balaban J connectivity index is 2.67. The van der Waals surface area contributed by atoms with Gasteiger partial charge in [0.15, 0.2) is 0 Å². The standard InChI is InChI=1S/C12H14ClNO2/c1-3-8-14-12(15)11(13)9-4-6-10(16-2)7-5-9/h3-7,11H,1,8H2,2H3,(H,14,15). The lowest BCUT2D eigenvalue weighted by Gasteiger charge is -2.10. The van der Waals surface area contributed by atoms with Crippen LogP contribution in [0.1, 0.15) is 10.9 Å². The zero-order chi connectivity index (χ0) is 12.0. The number of alkyl halides is 1. The number of hydrogen-bond donors (Lipinski definition) is 1. The molecule has 86 valence electrons. The molecule has 0 aromatic heterocycles. The van der Waals surface area contributed by atoms with E-state index in [1.165, 1.54) is 0 Å². The van der Waals surface area contributed by atoms with Gasteiger partial charge in [-0.3, -0.25) is 4.79 Å². The zero-order valence-corrected chi connectivity index (χ0v) is 9.83. The molecule has 1 aromatic rings. The number of amides is 1. The number of benzene rings is 1. The first kappa shape index (κ1) is 12.6.